The van der Waals surface area contributed by atoms with E-state index in [4.69, 9.17) is 9.47 Å². The Bertz CT molecular complexity index is 1660. The molecule has 1 spiro atoms. The maximum absolute atomic E-state index is 13.6. The Morgan fingerprint density at radius 2 is 1.89 bits per heavy atom. The van der Waals surface area contributed by atoms with Gasteiger partial charge in [0.1, 0.15) is 11.5 Å². The van der Waals surface area contributed by atoms with E-state index >= 15 is 0 Å². The molecule has 5 aliphatic rings. The number of ketones is 1. The summed E-state index contributed by atoms with van der Waals surface area (Å²) in [4.78, 5) is 29.4. The van der Waals surface area contributed by atoms with Crippen LogP contribution in [0, 0.1) is 12.8 Å². The van der Waals surface area contributed by atoms with Crippen LogP contribution < -0.4 is 14.8 Å². The van der Waals surface area contributed by atoms with Crippen molar-refractivity contribution in [1.82, 2.24) is 10.2 Å². The van der Waals surface area contributed by atoms with Gasteiger partial charge in [0.15, 0.2) is 11.9 Å². The van der Waals surface area contributed by atoms with Gasteiger partial charge in [0.2, 0.25) is 0 Å². The molecule has 2 saturated carbocycles. The van der Waals surface area contributed by atoms with Crippen molar-refractivity contribution >= 4 is 11.7 Å². The minimum Gasteiger partial charge on any atom is -0.496 e. The number of rotatable bonds is 8. The number of aryl methyl sites for hydroxylation is 1. The van der Waals surface area contributed by atoms with Crippen molar-refractivity contribution in [2.75, 3.05) is 26.7 Å². The highest BCUT2D eigenvalue weighted by Crippen LogP contribution is 2.64. The number of ether oxygens (including phenoxy) is 2. The predicted molar refractivity (Wildman–Crippen MR) is 167 cm³/mol. The van der Waals surface area contributed by atoms with Crippen LogP contribution in [-0.2, 0) is 23.1 Å². The van der Waals surface area contributed by atoms with E-state index in [0.29, 0.717) is 43.5 Å². The van der Waals surface area contributed by atoms with Gasteiger partial charge in [0.25, 0.3) is 5.91 Å². The van der Waals surface area contributed by atoms with Gasteiger partial charge in [-0.3, -0.25) is 14.5 Å². The molecule has 0 radical (unpaired) electrons. The van der Waals surface area contributed by atoms with Crippen LogP contribution in [0.5, 0.6) is 11.5 Å². The Kier molecular flexibility index (Phi) is 6.44. The fourth-order valence-electron chi connectivity index (χ4n) is 8.79. The third kappa shape index (κ3) is 4.08. The van der Waals surface area contributed by atoms with E-state index in [1.807, 2.05) is 25.1 Å². The minimum atomic E-state index is -1.03. The monoisotopic (exact) mass is 592 g/mol. The zero-order valence-electron chi connectivity index (χ0n) is 25.5. The number of hydrogen-bond acceptors (Lipinski definition) is 6. The molecule has 7 heteroatoms. The van der Waals surface area contributed by atoms with Gasteiger partial charge in [-0.15, -0.1) is 0 Å². The standard InChI is InChI=1S/C37H40N2O5/c1-22-19-26(10-12-30(22)43-2)25-7-5-23(6-8-25)14-17-38-35(41)28-11-9-27-20-31-37(42)15-13-29(40)34-36(37,32(27)33(28)44-34)16-18-39(31)21-24-3-4-24/h5-12,19,24,31,34,42H,3-4,13-18,20-21H2,1-2H3,(H,38,41)/t31-,34+,36+,37-/m1/s1. The van der Waals surface area contributed by atoms with Crippen LogP contribution in [0.3, 0.4) is 0 Å². The van der Waals surface area contributed by atoms with E-state index in [9.17, 15) is 14.7 Å². The number of hydrogen-bond donors (Lipinski definition) is 2. The highest BCUT2D eigenvalue weighted by atomic mass is 16.5. The molecular weight excluding hydrogens is 552 g/mol. The van der Waals surface area contributed by atoms with Gasteiger partial charge in [-0.2, -0.15) is 0 Å². The first kappa shape index (κ1) is 27.8. The Balaban J connectivity index is 1.01. The second-order valence-corrected chi connectivity index (χ2v) is 13.6. The SMILES string of the molecule is COc1ccc(-c2ccc(CCNC(=O)c3ccc4c5c3O[C@H]3C(=O)CC[C@@]6(O)[C@@H](C4)N(CC4CC4)CC[C@]536)cc2)cc1C. The zero-order valence-corrected chi connectivity index (χ0v) is 25.5. The van der Waals surface area contributed by atoms with Gasteiger partial charge in [0.05, 0.1) is 23.7 Å². The Morgan fingerprint density at radius 1 is 1.09 bits per heavy atom. The predicted octanol–water partition coefficient (Wildman–Crippen LogP) is 4.78. The van der Waals surface area contributed by atoms with E-state index in [1.54, 1.807) is 7.11 Å². The number of benzene rings is 3. The Morgan fingerprint density at radius 3 is 2.64 bits per heavy atom. The van der Waals surface area contributed by atoms with Crippen molar-refractivity contribution in [1.29, 1.82) is 0 Å². The number of carbonyl (C=O) groups excluding carboxylic acids is 2. The number of nitrogens with one attached hydrogen (secondary N) is 1. The lowest BCUT2D eigenvalue weighted by molar-refractivity contribution is -0.188. The molecule has 1 saturated heterocycles. The molecule has 2 N–H and O–H groups in total. The van der Waals surface area contributed by atoms with Crippen LogP contribution >= 0.6 is 0 Å². The average Bonchev–Trinajstić information content (AvgIpc) is 3.77. The molecule has 3 aliphatic carbocycles. The first-order valence-electron chi connectivity index (χ1n) is 16.2. The van der Waals surface area contributed by atoms with E-state index < -0.39 is 17.1 Å². The van der Waals surface area contributed by atoms with E-state index in [-0.39, 0.29) is 17.7 Å². The molecule has 0 unspecified atom stereocenters. The van der Waals surface area contributed by atoms with E-state index in [2.05, 4.69) is 46.6 Å². The smallest absolute Gasteiger partial charge is 0.255 e. The molecule has 2 aliphatic heterocycles. The summed E-state index contributed by atoms with van der Waals surface area (Å²) in [7, 11) is 1.68. The second-order valence-electron chi connectivity index (χ2n) is 13.6. The van der Waals surface area contributed by atoms with Crippen molar-refractivity contribution in [3.8, 4) is 22.6 Å². The molecule has 3 aromatic rings. The third-order valence-electron chi connectivity index (χ3n) is 11.2. The first-order chi connectivity index (χ1) is 21.3. The number of Topliss-reactive ketones (excluding diaryl/α,β-unsaturated/α-hetero) is 1. The highest BCUT2D eigenvalue weighted by molar-refractivity contribution is 5.99. The second kappa shape index (κ2) is 10.2. The normalized spacial score (nSPS) is 28.3. The van der Waals surface area contributed by atoms with Gasteiger partial charge in [-0.1, -0.05) is 36.4 Å². The molecule has 44 heavy (non-hydrogen) atoms. The summed E-state index contributed by atoms with van der Waals surface area (Å²) >= 11 is 0. The fourth-order valence-corrected chi connectivity index (χ4v) is 8.79. The number of piperidine rings is 1. The number of amides is 1. The van der Waals surface area contributed by atoms with Gasteiger partial charge in [0, 0.05) is 31.1 Å². The van der Waals surface area contributed by atoms with Crippen LogP contribution in [0.1, 0.15) is 64.7 Å². The van der Waals surface area contributed by atoms with Gasteiger partial charge in [-0.25, -0.2) is 0 Å². The van der Waals surface area contributed by atoms with Crippen molar-refractivity contribution < 1.29 is 24.2 Å². The molecular formula is C37H40N2O5. The maximum Gasteiger partial charge on any atom is 0.255 e. The van der Waals surface area contributed by atoms with Crippen LogP contribution in [0.25, 0.3) is 11.1 Å². The van der Waals surface area contributed by atoms with Crippen molar-refractivity contribution in [3.05, 3.63) is 82.4 Å². The van der Waals surface area contributed by atoms with E-state index in [0.717, 1.165) is 64.6 Å². The van der Waals surface area contributed by atoms with Crippen molar-refractivity contribution in [3.63, 3.8) is 0 Å². The third-order valence-corrected chi connectivity index (χ3v) is 11.2. The number of nitrogens with zero attached hydrogens (tertiary/aromatic N) is 1. The summed E-state index contributed by atoms with van der Waals surface area (Å²) in [5.74, 6) is 1.97. The number of carbonyl (C=O) groups is 2. The molecule has 2 heterocycles. The van der Waals surface area contributed by atoms with Crippen LogP contribution in [0.4, 0.5) is 0 Å². The molecule has 1 amide bonds. The largest absolute Gasteiger partial charge is 0.496 e. The fraction of sp³-hybridized carbons (Fsp3) is 0.459. The first-order valence-corrected chi connectivity index (χ1v) is 16.2. The maximum atomic E-state index is 13.6. The molecule has 7 nitrogen and oxygen atoms in total. The van der Waals surface area contributed by atoms with Gasteiger partial charge < -0.3 is 19.9 Å². The summed E-state index contributed by atoms with van der Waals surface area (Å²) in [6, 6.07) is 18.5. The summed E-state index contributed by atoms with van der Waals surface area (Å²) in [6.45, 7) is 4.39. The quantitative estimate of drug-likeness (QED) is 0.392. The molecule has 228 valence electrons. The minimum absolute atomic E-state index is 0.0192. The summed E-state index contributed by atoms with van der Waals surface area (Å²) < 4.78 is 11.9. The lowest BCUT2D eigenvalue weighted by atomic mass is 9.49. The van der Waals surface area contributed by atoms with E-state index in [1.165, 1.54) is 12.8 Å². The van der Waals surface area contributed by atoms with Crippen LogP contribution in [-0.4, -0.2) is 66.2 Å². The van der Waals surface area contributed by atoms with Crippen LogP contribution in [0.2, 0.25) is 0 Å². The Labute approximate surface area is 258 Å². The molecule has 2 bridgehead atoms. The molecule has 0 aromatic heterocycles. The van der Waals surface area contributed by atoms with Gasteiger partial charge in [-0.05, 0) is 104 Å². The molecule has 8 rings (SSSR count). The Hall–Kier alpha value is -3.68. The van der Waals surface area contributed by atoms with Crippen molar-refractivity contribution in [2.45, 2.75) is 75.0 Å². The van der Waals surface area contributed by atoms with Crippen molar-refractivity contribution in [2.24, 2.45) is 5.92 Å². The molecule has 3 fully saturated rings. The van der Waals surface area contributed by atoms with Gasteiger partial charge >= 0.3 is 0 Å². The number of likely N-dealkylation sites (tertiary alicyclic amines) is 1. The molecule has 3 aromatic carbocycles. The van der Waals surface area contributed by atoms with Crippen LogP contribution in [0.15, 0.2) is 54.6 Å². The molecule has 4 atom stereocenters. The topological polar surface area (TPSA) is 88.1 Å². The lowest BCUT2D eigenvalue weighted by Crippen LogP contribution is -2.76. The number of aliphatic hydroxyl groups is 1. The number of methoxy groups -OCH3 is 1. The summed E-state index contributed by atoms with van der Waals surface area (Å²) in [6.07, 6.45) is 4.70. The lowest BCUT2D eigenvalue weighted by Gasteiger charge is -2.62. The summed E-state index contributed by atoms with van der Waals surface area (Å²) in [5.41, 5.74) is 5.22. The highest BCUT2D eigenvalue weighted by Gasteiger charge is 2.73. The average molecular weight is 593 g/mol. The zero-order chi connectivity index (χ0) is 30.2. The summed E-state index contributed by atoms with van der Waals surface area (Å²) in [5, 5.41) is 15.6.